The highest BCUT2D eigenvalue weighted by atomic mass is 16.5. The van der Waals surface area contributed by atoms with Gasteiger partial charge in [0, 0.05) is 62.2 Å². The van der Waals surface area contributed by atoms with E-state index in [-0.39, 0.29) is 36.5 Å². The molecule has 3 saturated heterocycles. The van der Waals surface area contributed by atoms with Gasteiger partial charge in [0.15, 0.2) is 5.82 Å². The van der Waals surface area contributed by atoms with Crippen molar-refractivity contribution in [2.24, 2.45) is 7.05 Å². The van der Waals surface area contributed by atoms with Gasteiger partial charge < -0.3 is 20.3 Å². The minimum atomic E-state index is -0.725. The SMILES string of the molecule is Cn1c(=O)n(C2CCC(=O)NC2=O)c2ccc(/C=C/c3cnc(N4C5CCC4CN(c4cc(-c6ccccc6OCc6ccccc6)nnc4N)C5)nc3)cc21. The van der Waals surface area contributed by atoms with Crippen molar-refractivity contribution in [3.8, 4) is 17.0 Å². The van der Waals surface area contributed by atoms with E-state index in [1.807, 2.05) is 103 Å². The van der Waals surface area contributed by atoms with Crippen LogP contribution in [-0.4, -0.2) is 66.3 Å². The van der Waals surface area contributed by atoms with Crippen molar-refractivity contribution in [1.29, 1.82) is 0 Å². The number of nitrogens with two attached hydrogens (primary N) is 1. The number of fused-ring (bicyclic) bond motifs is 3. The first-order valence-corrected chi connectivity index (χ1v) is 18.8. The Kier molecular flexibility index (Phi) is 9.00. The molecular weight excluding hydrogens is 709 g/mol. The molecule has 9 rings (SSSR count). The molecule has 2 bridgehead atoms. The zero-order valence-corrected chi connectivity index (χ0v) is 30.8. The van der Waals surface area contributed by atoms with E-state index in [4.69, 9.17) is 20.4 Å². The van der Waals surface area contributed by atoms with Crippen molar-refractivity contribution in [2.45, 2.75) is 50.4 Å². The molecule has 0 spiro atoms. The lowest BCUT2D eigenvalue weighted by Crippen LogP contribution is -2.54. The number of piperazine rings is 1. The first-order valence-electron chi connectivity index (χ1n) is 18.8. The maximum atomic E-state index is 13.2. The normalized spacial score (nSPS) is 19.6. The number of carbonyl (C=O) groups is 2. The van der Waals surface area contributed by atoms with Crippen LogP contribution in [0.5, 0.6) is 5.75 Å². The molecule has 14 nitrogen and oxygen atoms in total. The van der Waals surface area contributed by atoms with Crippen LogP contribution in [0.4, 0.5) is 17.5 Å². The number of ether oxygens (including phenoxy) is 1. The topological polar surface area (TPSA) is 166 Å². The number of hydrogen-bond acceptors (Lipinski definition) is 11. The van der Waals surface area contributed by atoms with Gasteiger partial charge in [-0.3, -0.25) is 24.0 Å². The van der Waals surface area contributed by atoms with Crippen molar-refractivity contribution >= 4 is 52.5 Å². The highest BCUT2D eigenvalue weighted by molar-refractivity contribution is 6.00. The molecule has 3 atom stereocenters. The van der Waals surface area contributed by atoms with Crippen LogP contribution in [0.1, 0.15) is 48.4 Å². The minimum absolute atomic E-state index is 0.195. The Morgan fingerprint density at radius 2 is 1.57 bits per heavy atom. The number of piperidine rings is 1. The van der Waals surface area contributed by atoms with Gasteiger partial charge in [-0.1, -0.05) is 60.7 Å². The third-order valence-corrected chi connectivity index (χ3v) is 11.0. The highest BCUT2D eigenvalue weighted by Gasteiger charge is 2.42. The molecule has 56 heavy (non-hydrogen) atoms. The fourth-order valence-corrected chi connectivity index (χ4v) is 8.20. The Balaban J connectivity index is 0.886. The summed E-state index contributed by atoms with van der Waals surface area (Å²) in [6, 6.07) is 25.3. The van der Waals surface area contributed by atoms with Crippen LogP contribution in [0.15, 0.2) is 96.1 Å². The van der Waals surface area contributed by atoms with Gasteiger partial charge in [-0.05, 0) is 60.7 Å². The van der Waals surface area contributed by atoms with Gasteiger partial charge in [-0.2, -0.15) is 0 Å². The van der Waals surface area contributed by atoms with Gasteiger partial charge in [-0.25, -0.2) is 14.8 Å². The number of anilines is 3. The standard InChI is InChI=1S/C42H40N10O4/c1-49-35-19-26(13-16-33(35)52(42(49)55)34-17-18-38(53)46-40(34)54)11-12-28-21-44-41(45-22-28)51-29-14-15-30(51)24-50(23-29)36-20-32(47-48-39(36)43)31-9-5-6-10-37(31)56-25-27-7-3-2-4-8-27/h2-13,16,19-22,29-30,34H,14-15,17-18,23-25H2,1H3,(H2,43,48)(H,46,53,54)/b12-11+. The van der Waals surface area contributed by atoms with E-state index in [0.717, 1.165) is 59.6 Å². The maximum Gasteiger partial charge on any atom is 0.329 e. The number of imidazole rings is 1. The first-order chi connectivity index (χ1) is 27.3. The van der Waals surface area contributed by atoms with E-state index in [1.165, 1.54) is 9.13 Å². The van der Waals surface area contributed by atoms with Gasteiger partial charge in [-0.15, -0.1) is 10.2 Å². The van der Waals surface area contributed by atoms with Crippen LogP contribution in [0, 0.1) is 0 Å². The molecule has 3 aliphatic heterocycles. The molecule has 0 saturated carbocycles. The molecule has 3 aliphatic rings. The molecule has 3 aromatic heterocycles. The van der Waals surface area contributed by atoms with E-state index < -0.39 is 11.9 Å². The van der Waals surface area contributed by atoms with Gasteiger partial charge in [0.1, 0.15) is 18.4 Å². The number of imide groups is 1. The Labute approximate surface area is 322 Å². The molecule has 0 radical (unpaired) electrons. The third-order valence-electron chi connectivity index (χ3n) is 11.0. The van der Waals surface area contributed by atoms with E-state index >= 15 is 0 Å². The van der Waals surface area contributed by atoms with Gasteiger partial charge in [0.25, 0.3) is 0 Å². The number of nitrogens with one attached hydrogen (secondary N) is 1. The van der Waals surface area contributed by atoms with Crippen LogP contribution in [0.2, 0.25) is 0 Å². The number of hydrogen-bond donors (Lipinski definition) is 2. The number of amides is 2. The quantitative estimate of drug-likeness (QED) is 0.196. The van der Waals surface area contributed by atoms with Crippen LogP contribution in [0.25, 0.3) is 34.4 Å². The van der Waals surface area contributed by atoms with E-state index in [9.17, 15) is 14.4 Å². The number of rotatable bonds is 9. The maximum absolute atomic E-state index is 13.2. The molecule has 6 heterocycles. The first kappa shape index (κ1) is 34.9. The second-order valence-corrected chi connectivity index (χ2v) is 14.5. The Morgan fingerprint density at radius 3 is 2.34 bits per heavy atom. The van der Waals surface area contributed by atoms with Crippen molar-refractivity contribution in [2.75, 3.05) is 28.6 Å². The van der Waals surface area contributed by atoms with Crippen LogP contribution in [-0.2, 0) is 23.2 Å². The molecule has 3 aromatic carbocycles. The average Bonchev–Trinajstić information content (AvgIpc) is 3.63. The lowest BCUT2D eigenvalue weighted by molar-refractivity contribution is -0.135. The number of carbonyl (C=O) groups excluding carboxylic acids is 2. The molecule has 2 amide bonds. The number of aromatic nitrogens is 6. The molecule has 14 heteroatoms. The van der Waals surface area contributed by atoms with Gasteiger partial charge in [0.05, 0.1) is 22.4 Å². The molecule has 3 N–H and O–H groups in total. The van der Waals surface area contributed by atoms with Crippen molar-refractivity contribution in [1.82, 2.24) is 34.6 Å². The van der Waals surface area contributed by atoms with E-state index in [0.29, 0.717) is 35.1 Å². The second-order valence-electron chi connectivity index (χ2n) is 14.5. The molecule has 3 unspecified atom stereocenters. The molecule has 6 aromatic rings. The fourth-order valence-electron chi connectivity index (χ4n) is 8.20. The summed E-state index contributed by atoms with van der Waals surface area (Å²) in [6.45, 7) is 1.94. The molecule has 0 aliphatic carbocycles. The van der Waals surface area contributed by atoms with Crippen LogP contribution < -0.4 is 31.3 Å². The minimum Gasteiger partial charge on any atom is -0.488 e. The summed E-state index contributed by atoms with van der Waals surface area (Å²) >= 11 is 0. The second kappa shape index (κ2) is 14.4. The number of nitrogens with zero attached hydrogens (tertiary/aromatic N) is 8. The number of benzene rings is 3. The summed E-state index contributed by atoms with van der Waals surface area (Å²) < 4.78 is 9.24. The third kappa shape index (κ3) is 6.52. The number of nitrogen functional groups attached to an aromatic ring is 1. The van der Waals surface area contributed by atoms with Crippen LogP contribution >= 0.6 is 0 Å². The molecule has 3 fully saturated rings. The fraction of sp³-hybridized carbons (Fsp3) is 0.262. The van der Waals surface area contributed by atoms with Gasteiger partial charge in [0.2, 0.25) is 17.8 Å². The summed E-state index contributed by atoms with van der Waals surface area (Å²) in [5, 5.41) is 11.2. The molecular formula is C42H40N10O4. The van der Waals surface area contributed by atoms with Gasteiger partial charge >= 0.3 is 5.69 Å². The Hall–Kier alpha value is -6.83. The van der Waals surface area contributed by atoms with E-state index in [1.54, 1.807) is 7.05 Å². The zero-order chi connectivity index (χ0) is 38.3. The summed E-state index contributed by atoms with van der Waals surface area (Å²) in [5.41, 5.74) is 12.7. The predicted molar refractivity (Wildman–Crippen MR) is 214 cm³/mol. The smallest absolute Gasteiger partial charge is 0.329 e. The summed E-state index contributed by atoms with van der Waals surface area (Å²) in [5.74, 6) is 1.06. The Morgan fingerprint density at radius 1 is 0.839 bits per heavy atom. The molecule has 282 valence electrons. The monoisotopic (exact) mass is 748 g/mol. The lowest BCUT2D eigenvalue weighted by Gasteiger charge is -2.42. The summed E-state index contributed by atoms with van der Waals surface area (Å²) in [4.78, 5) is 51.6. The van der Waals surface area contributed by atoms with E-state index in [2.05, 4.69) is 25.3 Å². The predicted octanol–water partition coefficient (Wildman–Crippen LogP) is 4.75. The van der Waals surface area contributed by atoms with Crippen molar-refractivity contribution < 1.29 is 14.3 Å². The Bertz CT molecular complexity index is 2540. The van der Waals surface area contributed by atoms with Crippen molar-refractivity contribution in [3.63, 3.8) is 0 Å². The summed E-state index contributed by atoms with van der Waals surface area (Å²) in [6.07, 6.45) is 10.1. The summed E-state index contributed by atoms with van der Waals surface area (Å²) in [7, 11) is 1.68. The zero-order valence-electron chi connectivity index (χ0n) is 30.8. The lowest BCUT2D eigenvalue weighted by atomic mass is 10.1. The average molecular weight is 749 g/mol. The number of aryl methyl sites for hydroxylation is 1. The highest BCUT2D eigenvalue weighted by Crippen LogP contribution is 2.38. The number of para-hydroxylation sites is 1. The largest absolute Gasteiger partial charge is 0.488 e. The van der Waals surface area contributed by atoms with Crippen molar-refractivity contribution in [3.05, 3.63) is 118 Å². The van der Waals surface area contributed by atoms with Crippen LogP contribution in [0.3, 0.4) is 0 Å².